The van der Waals surface area contributed by atoms with E-state index in [-0.39, 0.29) is 0 Å². The molecule has 0 radical (unpaired) electrons. The number of hydrogen-bond acceptors (Lipinski definition) is 3. The maximum atomic E-state index is 6.69. The van der Waals surface area contributed by atoms with Crippen LogP contribution in [0, 0.1) is 0 Å². The molecule has 0 bridgehead atoms. The van der Waals surface area contributed by atoms with Crippen LogP contribution in [0.1, 0.15) is 0 Å². The second-order valence-electron chi connectivity index (χ2n) is 12.1. The van der Waals surface area contributed by atoms with Gasteiger partial charge in [0.2, 0.25) is 0 Å². The van der Waals surface area contributed by atoms with Crippen molar-refractivity contribution in [2.75, 3.05) is 4.90 Å². The number of hydrogen-bond donors (Lipinski definition) is 0. The third-order valence-corrected chi connectivity index (χ3v) is 9.13. The first kappa shape index (κ1) is 27.8. The molecular weight excluding hydrogens is 585 g/mol. The summed E-state index contributed by atoms with van der Waals surface area (Å²) in [6.45, 7) is 0. The van der Waals surface area contributed by atoms with Crippen LogP contribution in [0.15, 0.2) is 187 Å². The van der Waals surface area contributed by atoms with E-state index >= 15 is 0 Å². The van der Waals surface area contributed by atoms with Crippen LogP contribution in [-0.4, -0.2) is 4.98 Å². The van der Waals surface area contributed by atoms with Crippen LogP contribution in [0.3, 0.4) is 0 Å². The minimum absolute atomic E-state index is 0.806. The zero-order valence-corrected chi connectivity index (χ0v) is 26.1. The van der Waals surface area contributed by atoms with Crippen molar-refractivity contribution < 1.29 is 4.42 Å². The van der Waals surface area contributed by atoms with Gasteiger partial charge in [0.05, 0.1) is 6.20 Å². The van der Waals surface area contributed by atoms with E-state index in [1.54, 1.807) is 0 Å². The van der Waals surface area contributed by atoms with Crippen molar-refractivity contribution in [1.82, 2.24) is 4.98 Å². The molecule has 9 rings (SSSR count). The molecule has 48 heavy (non-hydrogen) atoms. The average molecular weight is 615 g/mol. The van der Waals surface area contributed by atoms with Crippen molar-refractivity contribution in [3.8, 4) is 33.4 Å². The summed E-state index contributed by atoms with van der Waals surface area (Å²) >= 11 is 0. The largest absolute Gasteiger partial charge is 0.454 e. The average Bonchev–Trinajstić information content (AvgIpc) is 3.53. The van der Waals surface area contributed by atoms with E-state index in [1.165, 1.54) is 27.6 Å². The number of anilines is 3. The lowest BCUT2D eigenvalue weighted by molar-refractivity contribution is 0.669. The highest BCUT2D eigenvalue weighted by atomic mass is 16.3. The van der Waals surface area contributed by atoms with Gasteiger partial charge < -0.3 is 9.32 Å². The summed E-state index contributed by atoms with van der Waals surface area (Å²) in [5.41, 5.74) is 11.7. The lowest BCUT2D eigenvalue weighted by atomic mass is 10.00. The summed E-state index contributed by atoms with van der Waals surface area (Å²) in [6.07, 6.45) is 3.83. The van der Waals surface area contributed by atoms with E-state index in [0.29, 0.717) is 0 Å². The molecule has 7 aromatic carbocycles. The molecule has 0 spiro atoms. The Morgan fingerprint density at radius 2 is 0.938 bits per heavy atom. The van der Waals surface area contributed by atoms with Crippen LogP contribution in [0.5, 0.6) is 0 Å². The van der Waals surface area contributed by atoms with Crippen LogP contribution in [0.2, 0.25) is 0 Å². The van der Waals surface area contributed by atoms with Crippen LogP contribution in [0.25, 0.3) is 66.1 Å². The Balaban J connectivity index is 1.18. The highest BCUT2D eigenvalue weighted by Gasteiger charge is 2.21. The van der Waals surface area contributed by atoms with E-state index in [9.17, 15) is 0 Å². The Hall–Kier alpha value is -6.45. The monoisotopic (exact) mass is 614 g/mol. The third kappa shape index (κ3) is 4.99. The second-order valence-corrected chi connectivity index (χ2v) is 12.1. The lowest BCUT2D eigenvalue weighted by Crippen LogP contribution is -2.10. The number of rotatable bonds is 6. The first-order chi connectivity index (χ1) is 23.8. The van der Waals surface area contributed by atoms with Gasteiger partial charge in [-0.1, -0.05) is 133 Å². The fourth-order valence-electron chi connectivity index (χ4n) is 6.69. The SMILES string of the molecule is c1ccc(-c2ccc(-c3ccc(N(c4cccc(-c5ccccc5)c4)c4cncc5c4oc4cc6ccccc6cc45)cc3)cc2)cc1. The Morgan fingerprint density at radius 1 is 0.396 bits per heavy atom. The molecule has 0 unspecified atom stereocenters. The van der Waals surface area contributed by atoms with Gasteiger partial charge in [-0.15, -0.1) is 0 Å². The highest BCUT2D eigenvalue weighted by molar-refractivity contribution is 6.13. The minimum atomic E-state index is 0.806. The van der Waals surface area contributed by atoms with Gasteiger partial charge in [-0.05, 0) is 80.6 Å². The normalized spacial score (nSPS) is 11.3. The summed E-state index contributed by atoms with van der Waals surface area (Å²) in [5.74, 6) is 0. The molecule has 0 aliphatic rings. The number of furan rings is 1. The molecule has 0 amide bonds. The van der Waals surface area contributed by atoms with Crippen LogP contribution < -0.4 is 4.90 Å². The summed E-state index contributed by atoms with van der Waals surface area (Å²) in [4.78, 5) is 7.02. The zero-order valence-electron chi connectivity index (χ0n) is 26.1. The molecule has 3 nitrogen and oxygen atoms in total. The Morgan fingerprint density at radius 3 is 1.60 bits per heavy atom. The number of fused-ring (bicyclic) bond motifs is 4. The van der Waals surface area contributed by atoms with Gasteiger partial charge in [-0.3, -0.25) is 4.98 Å². The quantitative estimate of drug-likeness (QED) is 0.187. The summed E-state index contributed by atoms with van der Waals surface area (Å²) in [6, 6.07) is 59.9. The fourth-order valence-corrected chi connectivity index (χ4v) is 6.69. The Bertz CT molecular complexity index is 2540. The number of benzene rings is 7. The van der Waals surface area contributed by atoms with Gasteiger partial charge in [0.15, 0.2) is 5.58 Å². The molecule has 226 valence electrons. The van der Waals surface area contributed by atoms with E-state index in [4.69, 9.17) is 9.40 Å². The first-order valence-electron chi connectivity index (χ1n) is 16.2. The highest BCUT2D eigenvalue weighted by Crippen LogP contribution is 2.43. The molecule has 0 atom stereocenters. The molecule has 0 N–H and O–H groups in total. The Kier molecular flexibility index (Phi) is 6.80. The fraction of sp³-hybridized carbons (Fsp3) is 0. The predicted octanol–water partition coefficient (Wildman–Crippen LogP) is 12.6. The third-order valence-electron chi connectivity index (χ3n) is 9.13. The Labute approximate surface area is 279 Å². The minimum Gasteiger partial charge on any atom is -0.454 e. The predicted molar refractivity (Wildman–Crippen MR) is 200 cm³/mol. The van der Waals surface area contributed by atoms with Crippen LogP contribution >= 0.6 is 0 Å². The van der Waals surface area contributed by atoms with Crippen molar-refractivity contribution in [3.05, 3.63) is 182 Å². The first-order valence-corrected chi connectivity index (χ1v) is 16.2. The standard InChI is InChI=1S/C45H30N2O/c1-3-10-31(11-4-1)33-18-20-34(21-19-33)35-22-24-39(25-23-35)47(40-17-9-16-36(26-40)32-12-5-2-6-13-32)43-30-46-29-42-41-27-37-14-7-8-15-38(37)28-44(41)48-45(42)43/h1-30H. The molecule has 2 heterocycles. The van der Waals surface area contributed by atoms with Gasteiger partial charge in [-0.25, -0.2) is 0 Å². The van der Waals surface area contributed by atoms with Gasteiger partial charge in [0.25, 0.3) is 0 Å². The molecular formula is C45H30N2O. The summed E-state index contributed by atoms with van der Waals surface area (Å²) < 4.78 is 6.69. The smallest absolute Gasteiger partial charge is 0.162 e. The van der Waals surface area contributed by atoms with Crippen molar-refractivity contribution in [1.29, 1.82) is 0 Å². The zero-order chi connectivity index (χ0) is 31.9. The molecule has 0 saturated carbocycles. The number of aromatic nitrogens is 1. The van der Waals surface area contributed by atoms with Gasteiger partial charge in [0, 0.05) is 28.3 Å². The lowest BCUT2D eigenvalue weighted by Gasteiger charge is -2.26. The maximum Gasteiger partial charge on any atom is 0.162 e. The van der Waals surface area contributed by atoms with Gasteiger partial charge in [-0.2, -0.15) is 0 Å². The van der Waals surface area contributed by atoms with Crippen molar-refractivity contribution in [2.45, 2.75) is 0 Å². The molecule has 2 aromatic heterocycles. The molecule has 0 saturated heterocycles. The van der Waals surface area contributed by atoms with Crippen molar-refractivity contribution in [2.24, 2.45) is 0 Å². The summed E-state index contributed by atoms with van der Waals surface area (Å²) in [5, 5.41) is 4.38. The van der Waals surface area contributed by atoms with E-state index in [0.717, 1.165) is 55.5 Å². The van der Waals surface area contributed by atoms with Crippen molar-refractivity contribution >= 4 is 49.8 Å². The second kappa shape index (κ2) is 11.7. The number of nitrogens with zero attached hydrogens (tertiary/aromatic N) is 2. The van der Waals surface area contributed by atoms with Gasteiger partial charge >= 0.3 is 0 Å². The number of pyridine rings is 1. The van der Waals surface area contributed by atoms with Crippen molar-refractivity contribution in [3.63, 3.8) is 0 Å². The maximum absolute atomic E-state index is 6.69. The molecule has 0 aliphatic heterocycles. The molecule has 0 fully saturated rings. The molecule has 0 aliphatic carbocycles. The van der Waals surface area contributed by atoms with Gasteiger partial charge in [0.1, 0.15) is 11.3 Å². The molecule has 9 aromatic rings. The van der Waals surface area contributed by atoms with E-state index < -0.39 is 0 Å². The summed E-state index contributed by atoms with van der Waals surface area (Å²) in [7, 11) is 0. The van der Waals surface area contributed by atoms with E-state index in [1.807, 2.05) is 24.5 Å². The topological polar surface area (TPSA) is 29.3 Å². The van der Waals surface area contributed by atoms with Crippen LogP contribution in [-0.2, 0) is 0 Å². The van der Waals surface area contributed by atoms with Crippen LogP contribution in [0.4, 0.5) is 17.1 Å². The van der Waals surface area contributed by atoms with E-state index in [2.05, 4.69) is 163 Å². The molecule has 3 heteroatoms.